The van der Waals surface area contributed by atoms with Crippen LogP contribution < -0.4 is 15.5 Å². The van der Waals surface area contributed by atoms with Gasteiger partial charge >= 0.3 is 0 Å². The van der Waals surface area contributed by atoms with Gasteiger partial charge in [-0.05, 0) is 64.0 Å². The van der Waals surface area contributed by atoms with Gasteiger partial charge in [-0.2, -0.15) is 0 Å². The average molecular weight is 533 g/mol. The van der Waals surface area contributed by atoms with Gasteiger partial charge in [0.25, 0.3) is 0 Å². The normalized spacial score (nSPS) is 18.1. The van der Waals surface area contributed by atoms with Crippen molar-refractivity contribution < 1.29 is 4.74 Å². The van der Waals surface area contributed by atoms with E-state index in [2.05, 4.69) is 70.2 Å². The SMILES string of the molecule is CCN(CC)CCCC(C)NC(=NC)NCc1ccnc(N2CCOC(C)C2)c1.I. The van der Waals surface area contributed by atoms with Crippen LogP contribution in [-0.4, -0.2) is 74.4 Å². The molecule has 2 N–H and O–H groups in total. The van der Waals surface area contributed by atoms with Gasteiger partial charge in [0, 0.05) is 38.9 Å². The Labute approximate surface area is 200 Å². The Morgan fingerprint density at radius 2 is 2.17 bits per heavy atom. The Morgan fingerprint density at radius 1 is 1.40 bits per heavy atom. The number of rotatable bonds is 10. The van der Waals surface area contributed by atoms with E-state index in [1.165, 1.54) is 12.0 Å². The Balaban J connectivity index is 0.00000450. The van der Waals surface area contributed by atoms with Crippen LogP contribution in [0.2, 0.25) is 0 Å². The zero-order valence-corrected chi connectivity index (χ0v) is 21.7. The molecule has 2 unspecified atom stereocenters. The third-order valence-electron chi connectivity index (χ3n) is 5.45. The van der Waals surface area contributed by atoms with Crippen LogP contribution in [0, 0.1) is 0 Å². The maximum absolute atomic E-state index is 5.64. The second kappa shape index (κ2) is 14.8. The molecule has 0 amide bonds. The minimum absolute atomic E-state index is 0. The van der Waals surface area contributed by atoms with E-state index in [0.717, 1.165) is 64.1 Å². The summed E-state index contributed by atoms with van der Waals surface area (Å²) in [6.45, 7) is 15.4. The molecule has 0 bridgehead atoms. The number of aliphatic imine (C=N–C) groups is 1. The van der Waals surface area contributed by atoms with Crippen LogP contribution in [0.1, 0.15) is 46.1 Å². The molecular formula is C22H41IN6O. The summed E-state index contributed by atoms with van der Waals surface area (Å²) < 4.78 is 5.64. The first-order valence-electron chi connectivity index (χ1n) is 11.1. The van der Waals surface area contributed by atoms with Crippen LogP contribution >= 0.6 is 24.0 Å². The molecule has 2 heterocycles. The molecule has 172 valence electrons. The first-order chi connectivity index (χ1) is 14.0. The van der Waals surface area contributed by atoms with Crippen molar-refractivity contribution in [1.82, 2.24) is 20.5 Å². The van der Waals surface area contributed by atoms with Crippen LogP contribution in [-0.2, 0) is 11.3 Å². The molecule has 7 nitrogen and oxygen atoms in total. The molecule has 2 rings (SSSR count). The van der Waals surface area contributed by atoms with E-state index in [9.17, 15) is 0 Å². The lowest BCUT2D eigenvalue weighted by Crippen LogP contribution is -2.42. The van der Waals surface area contributed by atoms with Gasteiger partial charge in [0.1, 0.15) is 5.82 Å². The zero-order valence-electron chi connectivity index (χ0n) is 19.4. The van der Waals surface area contributed by atoms with E-state index in [4.69, 9.17) is 4.74 Å². The highest BCUT2D eigenvalue weighted by Crippen LogP contribution is 2.16. The number of guanidine groups is 1. The zero-order chi connectivity index (χ0) is 21.1. The smallest absolute Gasteiger partial charge is 0.191 e. The van der Waals surface area contributed by atoms with Crippen molar-refractivity contribution in [3.63, 3.8) is 0 Å². The predicted octanol–water partition coefficient (Wildman–Crippen LogP) is 3.10. The molecule has 1 aliphatic heterocycles. The molecule has 30 heavy (non-hydrogen) atoms. The summed E-state index contributed by atoms with van der Waals surface area (Å²) in [6.07, 6.45) is 4.46. The van der Waals surface area contributed by atoms with Crippen molar-refractivity contribution >= 4 is 35.8 Å². The number of pyridine rings is 1. The van der Waals surface area contributed by atoms with Gasteiger partial charge < -0.3 is 25.2 Å². The fourth-order valence-electron chi connectivity index (χ4n) is 3.62. The molecule has 0 saturated carbocycles. The monoisotopic (exact) mass is 532 g/mol. The number of anilines is 1. The lowest BCUT2D eigenvalue weighted by atomic mass is 10.2. The minimum Gasteiger partial charge on any atom is -0.375 e. The van der Waals surface area contributed by atoms with Crippen molar-refractivity contribution in [1.29, 1.82) is 0 Å². The lowest BCUT2D eigenvalue weighted by molar-refractivity contribution is 0.0529. The average Bonchev–Trinajstić information content (AvgIpc) is 2.74. The van der Waals surface area contributed by atoms with Crippen LogP contribution in [0.4, 0.5) is 5.82 Å². The summed E-state index contributed by atoms with van der Waals surface area (Å²) >= 11 is 0. The minimum atomic E-state index is 0. The summed E-state index contributed by atoms with van der Waals surface area (Å²) in [5.74, 6) is 1.87. The standard InChI is InChI=1S/C22H40N6O.HI/c1-6-27(7-2)12-8-9-18(3)26-22(23-5)25-16-20-10-11-24-21(15-20)28-13-14-29-19(4)17-28;/h10-11,15,18-19H,6-9,12-14,16-17H2,1-5H3,(H2,23,25,26);1H. The maximum atomic E-state index is 5.64. The van der Waals surface area contributed by atoms with Gasteiger partial charge in [-0.15, -0.1) is 24.0 Å². The Kier molecular flexibility index (Phi) is 13.3. The third kappa shape index (κ3) is 9.34. The molecule has 0 aliphatic carbocycles. The van der Waals surface area contributed by atoms with Crippen LogP contribution in [0.25, 0.3) is 0 Å². The second-order valence-electron chi connectivity index (χ2n) is 7.79. The van der Waals surface area contributed by atoms with Crippen molar-refractivity contribution in [2.45, 2.75) is 59.2 Å². The Morgan fingerprint density at radius 3 is 2.83 bits per heavy atom. The molecule has 1 aliphatic rings. The van der Waals surface area contributed by atoms with Crippen molar-refractivity contribution in [2.75, 3.05) is 51.3 Å². The van der Waals surface area contributed by atoms with Crippen molar-refractivity contribution in [2.24, 2.45) is 4.99 Å². The number of nitrogens with one attached hydrogen (secondary N) is 2. The highest BCUT2D eigenvalue weighted by molar-refractivity contribution is 14.0. The van der Waals surface area contributed by atoms with E-state index in [-0.39, 0.29) is 30.1 Å². The molecule has 2 atom stereocenters. The van der Waals surface area contributed by atoms with Crippen molar-refractivity contribution in [3.05, 3.63) is 23.9 Å². The second-order valence-corrected chi connectivity index (χ2v) is 7.79. The fraction of sp³-hybridized carbons (Fsp3) is 0.727. The quantitative estimate of drug-likeness (QED) is 0.275. The van der Waals surface area contributed by atoms with Crippen LogP contribution in [0.15, 0.2) is 23.3 Å². The van der Waals surface area contributed by atoms with Gasteiger partial charge in [-0.25, -0.2) is 4.98 Å². The number of hydrogen-bond donors (Lipinski definition) is 2. The molecule has 0 spiro atoms. The van der Waals surface area contributed by atoms with Crippen LogP contribution in [0.5, 0.6) is 0 Å². The topological polar surface area (TPSA) is 65.0 Å². The Hall–Kier alpha value is -1.13. The summed E-state index contributed by atoms with van der Waals surface area (Å²) in [5.41, 5.74) is 1.20. The highest BCUT2D eigenvalue weighted by atomic mass is 127. The molecule has 0 aromatic carbocycles. The van der Waals surface area contributed by atoms with Gasteiger partial charge in [-0.3, -0.25) is 4.99 Å². The van der Waals surface area contributed by atoms with Gasteiger partial charge in [-0.1, -0.05) is 13.8 Å². The van der Waals surface area contributed by atoms with E-state index in [1.807, 2.05) is 13.2 Å². The molecular weight excluding hydrogens is 491 g/mol. The van der Waals surface area contributed by atoms with E-state index >= 15 is 0 Å². The summed E-state index contributed by atoms with van der Waals surface area (Å²) in [7, 11) is 1.82. The number of ether oxygens (including phenoxy) is 1. The van der Waals surface area contributed by atoms with Gasteiger partial charge in [0.15, 0.2) is 5.96 Å². The number of morpholine rings is 1. The van der Waals surface area contributed by atoms with Crippen LogP contribution in [0.3, 0.4) is 0 Å². The van der Waals surface area contributed by atoms with E-state index < -0.39 is 0 Å². The summed E-state index contributed by atoms with van der Waals surface area (Å²) in [6, 6.07) is 4.60. The number of halogens is 1. The number of aromatic nitrogens is 1. The lowest BCUT2D eigenvalue weighted by Gasteiger charge is -2.32. The van der Waals surface area contributed by atoms with E-state index in [0.29, 0.717) is 6.04 Å². The predicted molar refractivity (Wildman–Crippen MR) is 137 cm³/mol. The number of nitrogens with zero attached hydrogens (tertiary/aromatic N) is 4. The van der Waals surface area contributed by atoms with E-state index in [1.54, 1.807) is 0 Å². The van der Waals surface area contributed by atoms with Gasteiger partial charge in [0.05, 0.1) is 12.7 Å². The van der Waals surface area contributed by atoms with Crippen molar-refractivity contribution in [3.8, 4) is 0 Å². The summed E-state index contributed by atoms with van der Waals surface area (Å²) in [5, 5.41) is 6.94. The molecule has 1 aromatic rings. The fourth-order valence-corrected chi connectivity index (χ4v) is 3.62. The molecule has 8 heteroatoms. The number of hydrogen-bond acceptors (Lipinski definition) is 5. The first kappa shape index (κ1) is 26.9. The molecule has 1 fully saturated rings. The largest absolute Gasteiger partial charge is 0.375 e. The molecule has 1 aromatic heterocycles. The third-order valence-corrected chi connectivity index (χ3v) is 5.45. The summed E-state index contributed by atoms with van der Waals surface area (Å²) in [4.78, 5) is 13.7. The highest BCUT2D eigenvalue weighted by Gasteiger charge is 2.18. The maximum Gasteiger partial charge on any atom is 0.191 e. The molecule has 0 radical (unpaired) electrons. The Bertz CT molecular complexity index is 625. The van der Waals surface area contributed by atoms with Gasteiger partial charge in [0.2, 0.25) is 0 Å². The molecule has 1 saturated heterocycles. The first-order valence-corrected chi connectivity index (χ1v) is 11.1.